The molecule has 2 fully saturated rings. The third kappa shape index (κ3) is 3.51. The molecule has 0 aromatic heterocycles. The molecule has 2 saturated heterocycles. The third-order valence-corrected chi connectivity index (χ3v) is 4.49. The van der Waals surface area contributed by atoms with Crippen molar-refractivity contribution in [1.29, 1.82) is 0 Å². The summed E-state index contributed by atoms with van der Waals surface area (Å²) in [5, 5.41) is 2.67. The van der Waals surface area contributed by atoms with E-state index in [2.05, 4.69) is 5.32 Å². The lowest BCUT2D eigenvalue weighted by Gasteiger charge is -2.28. The Bertz CT molecular complexity index is 723. The maximum Gasteiger partial charge on any atom is 0.325 e. The van der Waals surface area contributed by atoms with Crippen molar-refractivity contribution in [3.05, 3.63) is 18.2 Å². The fourth-order valence-electron chi connectivity index (χ4n) is 3.08. The number of nitrogens with zero attached hydrogens (tertiary/aromatic N) is 3. The van der Waals surface area contributed by atoms with Crippen molar-refractivity contribution in [1.82, 2.24) is 15.1 Å². The Morgan fingerprint density at radius 1 is 1.15 bits per heavy atom. The minimum absolute atomic E-state index is 0.0360. The zero-order valence-electron chi connectivity index (χ0n) is 14.9. The van der Waals surface area contributed by atoms with Gasteiger partial charge in [-0.15, -0.1) is 0 Å². The minimum atomic E-state index is -0.272. The quantitative estimate of drug-likeness (QED) is 0.790. The minimum Gasteiger partial charge on any atom is -0.497 e. The molecule has 9 heteroatoms. The predicted molar refractivity (Wildman–Crippen MR) is 93.5 cm³/mol. The van der Waals surface area contributed by atoms with E-state index >= 15 is 0 Å². The third-order valence-electron chi connectivity index (χ3n) is 4.49. The number of benzene rings is 1. The van der Waals surface area contributed by atoms with Gasteiger partial charge in [-0.05, 0) is 12.1 Å². The van der Waals surface area contributed by atoms with Gasteiger partial charge in [0.25, 0.3) is 0 Å². The van der Waals surface area contributed by atoms with Gasteiger partial charge < -0.3 is 24.6 Å². The summed E-state index contributed by atoms with van der Waals surface area (Å²) in [7, 11) is 3.09. The van der Waals surface area contributed by atoms with Gasteiger partial charge in [0.15, 0.2) is 0 Å². The summed E-state index contributed by atoms with van der Waals surface area (Å²) in [5.41, 5.74) is 0.601. The molecule has 1 aromatic carbocycles. The van der Waals surface area contributed by atoms with E-state index in [1.165, 1.54) is 16.9 Å². The molecule has 26 heavy (non-hydrogen) atoms. The summed E-state index contributed by atoms with van der Waals surface area (Å²) in [4.78, 5) is 41.1. The van der Waals surface area contributed by atoms with Crippen LogP contribution in [-0.4, -0.2) is 81.1 Å². The van der Waals surface area contributed by atoms with Crippen molar-refractivity contribution in [3.8, 4) is 11.5 Å². The van der Waals surface area contributed by atoms with Crippen LogP contribution in [-0.2, 0) is 9.59 Å². The average Bonchev–Trinajstić information content (AvgIpc) is 3.01. The molecule has 1 N–H and O–H groups in total. The Morgan fingerprint density at radius 2 is 1.96 bits per heavy atom. The fraction of sp³-hybridized carbons (Fsp3) is 0.471. The molecule has 0 atom stereocenters. The van der Waals surface area contributed by atoms with E-state index in [9.17, 15) is 14.4 Å². The molecule has 2 heterocycles. The molecule has 9 nitrogen and oxygen atoms in total. The number of carbonyl (C=O) groups excluding carboxylic acids is 3. The van der Waals surface area contributed by atoms with Gasteiger partial charge >= 0.3 is 6.03 Å². The first-order chi connectivity index (χ1) is 12.5. The second-order valence-electron chi connectivity index (χ2n) is 6.06. The number of rotatable bonds is 5. The largest absolute Gasteiger partial charge is 0.497 e. The van der Waals surface area contributed by atoms with Crippen molar-refractivity contribution < 1.29 is 23.9 Å². The molecule has 2 aliphatic rings. The molecule has 2 aliphatic heterocycles. The molecule has 0 aliphatic carbocycles. The van der Waals surface area contributed by atoms with E-state index in [4.69, 9.17) is 9.47 Å². The van der Waals surface area contributed by atoms with Crippen LogP contribution in [0.4, 0.5) is 10.5 Å². The van der Waals surface area contributed by atoms with Gasteiger partial charge in [-0.3, -0.25) is 14.5 Å². The molecule has 0 saturated carbocycles. The Morgan fingerprint density at radius 3 is 2.65 bits per heavy atom. The summed E-state index contributed by atoms with van der Waals surface area (Å²) >= 11 is 0. The Labute approximate surface area is 151 Å². The molecule has 140 valence electrons. The molecular formula is C17H22N4O5. The zero-order chi connectivity index (χ0) is 18.7. The molecular weight excluding hydrogens is 340 g/mol. The number of nitrogens with one attached hydrogen (secondary N) is 1. The van der Waals surface area contributed by atoms with E-state index in [-0.39, 0.29) is 30.9 Å². The summed E-state index contributed by atoms with van der Waals surface area (Å²) < 4.78 is 10.6. The standard InChI is InChI=1S/C17H22N4O5/c1-25-12-3-4-14(26-2)13(9-12)21-8-7-20(17(21)24)11-16(23)19-6-5-18-15(22)10-19/h3-4,9H,5-8,10-11H2,1-2H3,(H,18,22). The highest BCUT2D eigenvalue weighted by molar-refractivity contribution is 5.98. The number of piperazine rings is 1. The van der Waals surface area contributed by atoms with E-state index in [1.807, 2.05) is 0 Å². The topological polar surface area (TPSA) is 91.4 Å². The van der Waals surface area contributed by atoms with Gasteiger partial charge in [0, 0.05) is 32.2 Å². The Kier molecular flexibility index (Phi) is 5.15. The lowest BCUT2D eigenvalue weighted by Crippen LogP contribution is -2.52. The summed E-state index contributed by atoms with van der Waals surface area (Å²) in [6, 6.07) is 4.95. The summed E-state index contributed by atoms with van der Waals surface area (Å²) in [6.45, 7) is 1.75. The molecule has 4 amide bonds. The maximum atomic E-state index is 12.8. The Balaban J connectivity index is 1.70. The SMILES string of the molecule is COc1ccc(OC)c(N2CCN(CC(=O)N3CCNC(=O)C3)C2=O)c1. The van der Waals surface area contributed by atoms with Gasteiger partial charge in [0.2, 0.25) is 11.8 Å². The number of urea groups is 1. The normalized spacial score (nSPS) is 17.4. The van der Waals surface area contributed by atoms with Crippen molar-refractivity contribution in [2.45, 2.75) is 0 Å². The van der Waals surface area contributed by atoms with E-state index in [0.717, 1.165) is 0 Å². The van der Waals surface area contributed by atoms with Crippen LogP contribution in [0.5, 0.6) is 11.5 Å². The number of amides is 4. The number of methoxy groups -OCH3 is 2. The lowest BCUT2D eigenvalue weighted by atomic mass is 10.2. The van der Waals surface area contributed by atoms with Crippen molar-refractivity contribution in [3.63, 3.8) is 0 Å². The van der Waals surface area contributed by atoms with Crippen LogP contribution < -0.4 is 19.7 Å². The van der Waals surface area contributed by atoms with E-state index in [1.54, 1.807) is 30.2 Å². The lowest BCUT2D eigenvalue weighted by molar-refractivity contribution is -0.138. The monoisotopic (exact) mass is 362 g/mol. The second-order valence-corrected chi connectivity index (χ2v) is 6.06. The molecule has 0 radical (unpaired) electrons. The number of anilines is 1. The summed E-state index contributed by atoms with van der Waals surface area (Å²) in [5.74, 6) is 0.759. The van der Waals surface area contributed by atoms with Crippen LogP contribution >= 0.6 is 0 Å². The summed E-state index contributed by atoms with van der Waals surface area (Å²) in [6.07, 6.45) is 0. The first-order valence-corrected chi connectivity index (χ1v) is 8.36. The van der Waals surface area contributed by atoms with E-state index < -0.39 is 0 Å². The first kappa shape index (κ1) is 17.8. The zero-order valence-corrected chi connectivity index (χ0v) is 14.9. The smallest absolute Gasteiger partial charge is 0.325 e. The van der Waals surface area contributed by atoms with Crippen molar-refractivity contribution in [2.24, 2.45) is 0 Å². The number of hydrogen-bond acceptors (Lipinski definition) is 5. The van der Waals surface area contributed by atoms with Crippen LogP contribution in [0.2, 0.25) is 0 Å². The van der Waals surface area contributed by atoms with Crippen LogP contribution in [0, 0.1) is 0 Å². The van der Waals surface area contributed by atoms with E-state index in [0.29, 0.717) is 43.4 Å². The van der Waals surface area contributed by atoms with Crippen LogP contribution in [0.3, 0.4) is 0 Å². The molecule has 0 spiro atoms. The molecule has 1 aromatic rings. The second kappa shape index (κ2) is 7.51. The highest BCUT2D eigenvalue weighted by Crippen LogP contribution is 2.34. The molecule has 0 bridgehead atoms. The van der Waals surface area contributed by atoms with Crippen LogP contribution in [0.15, 0.2) is 18.2 Å². The van der Waals surface area contributed by atoms with Gasteiger partial charge in [-0.2, -0.15) is 0 Å². The van der Waals surface area contributed by atoms with Crippen molar-refractivity contribution in [2.75, 3.05) is 58.4 Å². The first-order valence-electron chi connectivity index (χ1n) is 8.36. The fourth-order valence-corrected chi connectivity index (χ4v) is 3.08. The van der Waals surface area contributed by atoms with Crippen molar-refractivity contribution >= 4 is 23.5 Å². The number of carbonyl (C=O) groups is 3. The number of ether oxygens (including phenoxy) is 2. The van der Waals surface area contributed by atoms with Gasteiger partial charge in [0.1, 0.15) is 18.0 Å². The predicted octanol–water partition coefficient (Wildman–Crippen LogP) is -0.0958. The van der Waals surface area contributed by atoms with Gasteiger partial charge in [-0.1, -0.05) is 0 Å². The van der Waals surface area contributed by atoms with Crippen LogP contribution in [0.25, 0.3) is 0 Å². The van der Waals surface area contributed by atoms with Gasteiger partial charge in [-0.25, -0.2) is 4.79 Å². The highest BCUT2D eigenvalue weighted by atomic mass is 16.5. The molecule has 3 rings (SSSR count). The molecule has 0 unspecified atom stereocenters. The van der Waals surface area contributed by atoms with Crippen LogP contribution in [0.1, 0.15) is 0 Å². The number of hydrogen-bond donors (Lipinski definition) is 1. The van der Waals surface area contributed by atoms with Gasteiger partial charge in [0.05, 0.1) is 26.5 Å². The maximum absolute atomic E-state index is 12.8. The Hall–Kier alpha value is -2.97. The highest BCUT2D eigenvalue weighted by Gasteiger charge is 2.34. The average molecular weight is 362 g/mol.